The van der Waals surface area contributed by atoms with Gasteiger partial charge in [-0.2, -0.15) is 0 Å². The Morgan fingerprint density at radius 1 is 1.36 bits per heavy atom. The van der Waals surface area contributed by atoms with Crippen LogP contribution in [0.25, 0.3) is 0 Å². The molecule has 0 aliphatic rings. The van der Waals surface area contributed by atoms with Crippen molar-refractivity contribution in [2.45, 2.75) is 20.8 Å². The van der Waals surface area contributed by atoms with Gasteiger partial charge in [0.15, 0.2) is 0 Å². The third-order valence-electron chi connectivity index (χ3n) is 2.11. The van der Waals surface area contributed by atoms with E-state index in [1.54, 1.807) is 0 Å². The molecule has 0 aliphatic heterocycles. The van der Waals surface area contributed by atoms with E-state index in [9.17, 15) is 0 Å². The lowest BCUT2D eigenvalue weighted by Gasteiger charge is -2.22. The van der Waals surface area contributed by atoms with E-state index in [4.69, 9.17) is 10.6 Å². The average Bonchev–Trinajstić information content (AvgIpc) is 2.19. The summed E-state index contributed by atoms with van der Waals surface area (Å²) in [6.07, 6.45) is 0. The molecular weight excluding hydrogens is 176 g/mol. The van der Waals surface area contributed by atoms with Crippen molar-refractivity contribution in [3.8, 4) is 0 Å². The molecule has 1 aromatic rings. The molecule has 2 N–H and O–H groups in total. The van der Waals surface area contributed by atoms with Gasteiger partial charge in [0.25, 0.3) is 0 Å². The second-order valence-electron chi connectivity index (χ2n) is 3.15. The molecular formula is C11H18N2O. The fourth-order valence-corrected chi connectivity index (χ4v) is 1.32. The summed E-state index contributed by atoms with van der Waals surface area (Å²) < 4.78 is 0. The molecule has 0 radical (unpaired) electrons. The molecule has 0 saturated heterocycles. The van der Waals surface area contributed by atoms with Gasteiger partial charge in [0.05, 0.1) is 12.3 Å². The van der Waals surface area contributed by atoms with E-state index in [1.165, 1.54) is 0 Å². The first kappa shape index (κ1) is 10.9. The van der Waals surface area contributed by atoms with Crippen LogP contribution >= 0.6 is 0 Å². The topological polar surface area (TPSA) is 38.5 Å². The third kappa shape index (κ3) is 2.39. The predicted molar refractivity (Wildman–Crippen MR) is 60.2 cm³/mol. The second-order valence-corrected chi connectivity index (χ2v) is 3.15. The summed E-state index contributed by atoms with van der Waals surface area (Å²) in [5.74, 6) is 0. The molecule has 78 valence electrons. The van der Waals surface area contributed by atoms with Gasteiger partial charge in [0, 0.05) is 12.2 Å². The Balaban J connectivity index is 2.88. The van der Waals surface area contributed by atoms with Gasteiger partial charge in [-0.3, -0.25) is 9.90 Å². The van der Waals surface area contributed by atoms with Gasteiger partial charge in [-0.15, -0.1) is 0 Å². The standard InChI is InChI=1S/C11H18N2O/c1-4-13(14-5-2)10-6-7-11(12)9(3)8-10/h6-8H,4-5,12H2,1-3H3. The summed E-state index contributed by atoms with van der Waals surface area (Å²) in [6, 6.07) is 5.92. The number of hydroxylamine groups is 1. The van der Waals surface area contributed by atoms with E-state index >= 15 is 0 Å². The minimum Gasteiger partial charge on any atom is -0.399 e. The summed E-state index contributed by atoms with van der Waals surface area (Å²) in [5.41, 5.74) is 8.71. The summed E-state index contributed by atoms with van der Waals surface area (Å²) in [6.45, 7) is 7.54. The van der Waals surface area contributed by atoms with Crippen molar-refractivity contribution in [2.24, 2.45) is 0 Å². The van der Waals surface area contributed by atoms with Crippen molar-refractivity contribution >= 4 is 11.4 Å². The molecule has 1 rings (SSSR count). The molecule has 0 amide bonds. The Labute approximate surface area is 85.4 Å². The first-order valence-electron chi connectivity index (χ1n) is 4.95. The third-order valence-corrected chi connectivity index (χ3v) is 2.11. The highest BCUT2D eigenvalue weighted by atomic mass is 16.7. The van der Waals surface area contributed by atoms with Gasteiger partial charge >= 0.3 is 0 Å². The summed E-state index contributed by atoms with van der Waals surface area (Å²) in [4.78, 5) is 5.46. The zero-order chi connectivity index (χ0) is 10.6. The van der Waals surface area contributed by atoms with Gasteiger partial charge in [0.2, 0.25) is 0 Å². The van der Waals surface area contributed by atoms with Crippen LogP contribution in [0.15, 0.2) is 18.2 Å². The Bertz CT molecular complexity index is 299. The largest absolute Gasteiger partial charge is 0.399 e. The number of nitrogens with two attached hydrogens (primary N) is 1. The SMILES string of the molecule is CCON(CC)c1ccc(N)c(C)c1. The highest BCUT2D eigenvalue weighted by molar-refractivity contribution is 5.56. The molecule has 14 heavy (non-hydrogen) atoms. The number of benzene rings is 1. The van der Waals surface area contributed by atoms with Crippen molar-refractivity contribution in [2.75, 3.05) is 23.9 Å². The summed E-state index contributed by atoms with van der Waals surface area (Å²) in [7, 11) is 0. The van der Waals surface area contributed by atoms with Crippen LogP contribution in [0.3, 0.4) is 0 Å². The Morgan fingerprint density at radius 2 is 2.07 bits per heavy atom. The molecule has 3 nitrogen and oxygen atoms in total. The first-order valence-corrected chi connectivity index (χ1v) is 4.95. The van der Waals surface area contributed by atoms with E-state index in [1.807, 2.05) is 37.1 Å². The predicted octanol–water partition coefficient (Wildman–Crippen LogP) is 2.36. The summed E-state index contributed by atoms with van der Waals surface area (Å²) in [5, 5.41) is 1.87. The van der Waals surface area contributed by atoms with Crippen LogP contribution in [0.4, 0.5) is 11.4 Å². The quantitative estimate of drug-likeness (QED) is 0.590. The average molecular weight is 194 g/mol. The van der Waals surface area contributed by atoms with Crippen LogP contribution in [-0.2, 0) is 4.84 Å². The van der Waals surface area contributed by atoms with E-state index in [-0.39, 0.29) is 0 Å². The van der Waals surface area contributed by atoms with Gasteiger partial charge < -0.3 is 5.73 Å². The zero-order valence-electron chi connectivity index (χ0n) is 9.08. The van der Waals surface area contributed by atoms with Crippen LogP contribution in [0.2, 0.25) is 0 Å². The Hall–Kier alpha value is -1.22. The number of nitrogens with zero attached hydrogens (tertiary/aromatic N) is 1. The maximum absolute atomic E-state index is 5.74. The number of aryl methyl sites for hydroxylation is 1. The molecule has 0 fully saturated rings. The van der Waals surface area contributed by atoms with Crippen LogP contribution in [0.1, 0.15) is 19.4 Å². The monoisotopic (exact) mass is 194 g/mol. The molecule has 0 heterocycles. The Kier molecular flexibility index (Phi) is 3.77. The van der Waals surface area contributed by atoms with E-state index in [2.05, 4.69) is 6.92 Å². The molecule has 0 saturated carbocycles. The van der Waals surface area contributed by atoms with Crippen molar-refractivity contribution in [1.29, 1.82) is 0 Å². The molecule has 0 bridgehead atoms. The molecule has 0 spiro atoms. The minimum atomic E-state index is 0.678. The lowest BCUT2D eigenvalue weighted by atomic mass is 10.2. The maximum atomic E-state index is 5.74. The van der Waals surface area contributed by atoms with Gasteiger partial charge in [0.1, 0.15) is 0 Å². The fraction of sp³-hybridized carbons (Fsp3) is 0.455. The van der Waals surface area contributed by atoms with Crippen LogP contribution in [0.5, 0.6) is 0 Å². The van der Waals surface area contributed by atoms with E-state index in [0.717, 1.165) is 23.5 Å². The molecule has 0 aliphatic carbocycles. The van der Waals surface area contributed by atoms with Crippen molar-refractivity contribution in [1.82, 2.24) is 0 Å². The number of nitrogen functional groups attached to an aromatic ring is 1. The smallest absolute Gasteiger partial charge is 0.0720 e. The lowest BCUT2D eigenvalue weighted by Crippen LogP contribution is -2.22. The number of hydrogen-bond acceptors (Lipinski definition) is 3. The maximum Gasteiger partial charge on any atom is 0.0720 e. The van der Waals surface area contributed by atoms with Crippen molar-refractivity contribution in [3.05, 3.63) is 23.8 Å². The number of anilines is 2. The molecule has 1 aromatic carbocycles. The van der Waals surface area contributed by atoms with Gasteiger partial charge in [-0.25, -0.2) is 0 Å². The van der Waals surface area contributed by atoms with Gasteiger partial charge in [-0.05, 0) is 44.5 Å². The first-order chi connectivity index (χ1) is 6.69. The number of hydrogen-bond donors (Lipinski definition) is 1. The zero-order valence-corrected chi connectivity index (χ0v) is 9.08. The highest BCUT2D eigenvalue weighted by Gasteiger charge is 2.04. The molecule has 0 unspecified atom stereocenters. The molecule has 3 heteroatoms. The second kappa shape index (κ2) is 4.86. The van der Waals surface area contributed by atoms with Crippen LogP contribution < -0.4 is 10.8 Å². The normalized spacial score (nSPS) is 10.2. The van der Waals surface area contributed by atoms with Crippen molar-refractivity contribution < 1.29 is 4.84 Å². The number of rotatable bonds is 4. The lowest BCUT2D eigenvalue weighted by molar-refractivity contribution is 0.123. The van der Waals surface area contributed by atoms with Crippen LogP contribution in [-0.4, -0.2) is 13.2 Å². The fourth-order valence-electron chi connectivity index (χ4n) is 1.32. The van der Waals surface area contributed by atoms with E-state index < -0.39 is 0 Å². The highest BCUT2D eigenvalue weighted by Crippen LogP contribution is 2.20. The molecule has 0 atom stereocenters. The van der Waals surface area contributed by atoms with E-state index in [0.29, 0.717) is 6.61 Å². The van der Waals surface area contributed by atoms with Gasteiger partial charge in [-0.1, -0.05) is 0 Å². The summed E-state index contributed by atoms with van der Waals surface area (Å²) >= 11 is 0. The molecule has 0 aromatic heterocycles. The van der Waals surface area contributed by atoms with Crippen LogP contribution in [0, 0.1) is 6.92 Å². The Morgan fingerprint density at radius 3 is 2.57 bits per heavy atom. The minimum absolute atomic E-state index is 0.678. The van der Waals surface area contributed by atoms with Crippen molar-refractivity contribution in [3.63, 3.8) is 0 Å².